The highest BCUT2D eigenvalue weighted by Crippen LogP contribution is 2.32. The SMILES string of the molecule is [N-]=[N+]=NCC1CCN(CCNS(=O)(=O)N2CCC(c3c(F)cccc3F)CC2)CC1. The van der Waals surface area contributed by atoms with Gasteiger partial charge in [-0.1, -0.05) is 11.2 Å². The maximum atomic E-state index is 14.0. The summed E-state index contributed by atoms with van der Waals surface area (Å²) in [5.41, 5.74) is 8.45. The molecule has 30 heavy (non-hydrogen) atoms. The first-order chi connectivity index (χ1) is 14.4. The van der Waals surface area contributed by atoms with Gasteiger partial charge in [0.05, 0.1) is 0 Å². The van der Waals surface area contributed by atoms with Gasteiger partial charge in [0.25, 0.3) is 10.2 Å². The van der Waals surface area contributed by atoms with Gasteiger partial charge < -0.3 is 4.90 Å². The number of hydrogen-bond acceptors (Lipinski definition) is 4. The number of piperidine rings is 2. The molecule has 3 rings (SSSR count). The summed E-state index contributed by atoms with van der Waals surface area (Å²) < 4.78 is 57.1. The molecule has 1 aromatic carbocycles. The lowest BCUT2D eigenvalue weighted by molar-refractivity contribution is 0.190. The van der Waals surface area contributed by atoms with Crippen molar-refractivity contribution in [3.8, 4) is 0 Å². The molecule has 11 heteroatoms. The van der Waals surface area contributed by atoms with Gasteiger partial charge in [-0.15, -0.1) is 0 Å². The van der Waals surface area contributed by atoms with Crippen molar-refractivity contribution in [2.45, 2.75) is 31.6 Å². The van der Waals surface area contributed by atoms with Crippen molar-refractivity contribution in [3.63, 3.8) is 0 Å². The highest BCUT2D eigenvalue weighted by Gasteiger charge is 2.31. The van der Waals surface area contributed by atoms with E-state index in [0.29, 0.717) is 38.4 Å². The molecule has 0 bridgehead atoms. The van der Waals surface area contributed by atoms with Gasteiger partial charge >= 0.3 is 0 Å². The van der Waals surface area contributed by atoms with Crippen molar-refractivity contribution in [2.24, 2.45) is 11.0 Å². The first kappa shape index (κ1) is 22.9. The summed E-state index contributed by atoms with van der Waals surface area (Å²) in [6.45, 7) is 3.62. The lowest BCUT2D eigenvalue weighted by Gasteiger charge is -2.33. The Morgan fingerprint density at radius 1 is 1.10 bits per heavy atom. The van der Waals surface area contributed by atoms with E-state index in [0.717, 1.165) is 25.9 Å². The van der Waals surface area contributed by atoms with Crippen LogP contribution in [-0.2, 0) is 10.2 Å². The largest absolute Gasteiger partial charge is 0.302 e. The molecule has 1 aromatic rings. The fraction of sp³-hybridized carbons (Fsp3) is 0.684. The molecule has 0 unspecified atom stereocenters. The van der Waals surface area contributed by atoms with Crippen LogP contribution in [0.2, 0.25) is 0 Å². The molecule has 0 aromatic heterocycles. The second-order valence-electron chi connectivity index (χ2n) is 7.91. The highest BCUT2D eigenvalue weighted by atomic mass is 32.2. The third-order valence-corrected chi connectivity index (χ3v) is 7.64. The smallest absolute Gasteiger partial charge is 0.279 e. The predicted molar refractivity (Wildman–Crippen MR) is 110 cm³/mol. The first-order valence-corrected chi connectivity index (χ1v) is 11.8. The Morgan fingerprint density at radius 3 is 2.33 bits per heavy atom. The Bertz CT molecular complexity index is 842. The summed E-state index contributed by atoms with van der Waals surface area (Å²) >= 11 is 0. The molecule has 0 spiro atoms. The average Bonchev–Trinajstić information content (AvgIpc) is 2.73. The van der Waals surface area contributed by atoms with E-state index in [1.54, 1.807) is 0 Å². The van der Waals surface area contributed by atoms with Crippen LogP contribution < -0.4 is 4.72 Å². The van der Waals surface area contributed by atoms with E-state index in [9.17, 15) is 17.2 Å². The van der Waals surface area contributed by atoms with Crippen molar-refractivity contribution in [1.29, 1.82) is 0 Å². The number of halogens is 2. The van der Waals surface area contributed by atoms with E-state index < -0.39 is 21.8 Å². The first-order valence-electron chi connectivity index (χ1n) is 10.3. The minimum atomic E-state index is -3.62. The zero-order valence-electron chi connectivity index (χ0n) is 16.9. The van der Waals surface area contributed by atoms with Crippen molar-refractivity contribution >= 4 is 10.2 Å². The topological polar surface area (TPSA) is 101 Å². The van der Waals surface area contributed by atoms with E-state index in [4.69, 9.17) is 5.53 Å². The lowest BCUT2D eigenvalue weighted by Crippen LogP contribution is -2.47. The number of benzene rings is 1. The number of hydrogen-bond donors (Lipinski definition) is 1. The Kier molecular flexibility index (Phi) is 8.01. The average molecular weight is 443 g/mol. The summed E-state index contributed by atoms with van der Waals surface area (Å²) in [6.07, 6.45) is 2.65. The van der Waals surface area contributed by atoms with Crippen LogP contribution in [0.1, 0.15) is 37.2 Å². The zero-order chi connectivity index (χ0) is 21.6. The molecule has 166 valence electrons. The number of rotatable bonds is 8. The number of azide groups is 1. The van der Waals surface area contributed by atoms with Crippen LogP contribution in [0.3, 0.4) is 0 Å². The summed E-state index contributed by atoms with van der Waals surface area (Å²) in [5.74, 6) is -1.06. The van der Waals surface area contributed by atoms with Gasteiger partial charge in [-0.05, 0) is 68.3 Å². The highest BCUT2D eigenvalue weighted by molar-refractivity contribution is 7.87. The fourth-order valence-electron chi connectivity index (χ4n) is 4.25. The van der Waals surface area contributed by atoms with E-state index in [-0.39, 0.29) is 24.6 Å². The van der Waals surface area contributed by atoms with Crippen molar-refractivity contribution in [2.75, 3.05) is 45.8 Å². The third-order valence-electron chi connectivity index (χ3n) is 6.02. The van der Waals surface area contributed by atoms with Crippen molar-refractivity contribution < 1.29 is 17.2 Å². The fourth-order valence-corrected chi connectivity index (χ4v) is 5.48. The quantitative estimate of drug-likeness (QED) is 0.380. The zero-order valence-corrected chi connectivity index (χ0v) is 17.7. The predicted octanol–water partition coefficient (Wildman–Crippen LogP) is 3.00. The van der Waals surface area contributed by atoms with Crippen LogP contribution in [0.4, 0.5) is 8.78 Å². The van der Waals surface area contributed by atoms with Crippen LogP contribution in [0.25, 0.3) is 10.4 Å². The number of nitrogens with one attached hydrogen (secondary N) is 1. The molecule has 2 heterocycles. The van der Waals surface area contributed by atoms with Crippen LogP contribution >= 0.6 is 0 Å². The number of nitrogens with zero attached hydrogens (tertiary/aromatic N) is 5. The van der Waals surface area contributed by atoms with Gasteiger partial charge in [-0.2, -0.15) is 12.7 Å². The van der Waals surface area contributed by atoms with E-state index >= 15 is 0 Å². The molecule has 2 aliphatic heterocycles. The normalized spacial score (nSPS) is 20.2. The molecule has 0 saturated carbocycles. The maximum absolute atomic E-state index is 14.0. The summed E-state index contributed by atoms with van der Waals surface area (Å²) in [7, 11) is -3.62. The molecule has 2 aliphatic rings. The molecule has 2 fully saturated rings. The van der Waals surface area contributed by atoms with Gasteiger partial charge in [-0.3, -0.25) is 0 Å². The Morgan fingerprint density at radius 2 is 1.73 bits per heavy atom. The third kappa shape index (κ3) is 5.89. The molecule has 2 saturated heterocycles. The Hall–Kier alpha value is -1.78. The van der Waals surface area contributed by atoms with Gasteiger partial charge in [0.15, 0.2) is 0 Å². The van der Waals surface area contributed by atoms with Crippen LogP contribution in [0, 0.1) is 17.6 Å². The number of likely N-dealkylation sites (tertiary alicyclic amines) is 1. The van der Waals surface area contributed by atoms with E-state index in [1.807, 2.05) is 0 Å². The molecule has 0 radical (unpaired) electrons. The Balaban J connectivity index is 1.42. The summed E-state index contributed by atoms with van der Waals surface area (Å²) in [5, 5.41) is 3.62. The minimum Gasteiger partial charge on any atom is -0.302 e. The second kappa shape index (κ2) is 10.5. The lowest BCUT2D eigenvalue weighted by atomic mass is 9.89. The van der Waals surface area contributed by atoms with E-state index in [1.165, 1.54) is 22.5 Å². The van der Waals surface area contributed by atoms with Crippen molar-refractivity contribution in [3.05, 3.63) is 45.8 Å². The van der Waals surface area contributed by atoms with Gasteiger partial charge in [0, 0.05) is 43.2 Å². The van der Waals surface area contributed by atoms with Crippen LogP contribution in [0.5, 0.6) is 0 Å². The monoisotopic (exact) mass is 442 g/mol. The van der Waals surface area contributed by atoms with Crippen molar-refractivity contribution in [1.82, 2.24) is 13.9 Å². The molecule has 1 N–H and O–H groups in total. The van der Waals surface area contributed by atoms with Gasteiger partial charge in [0.1, 0.15) is 11.6 Å². The summed E-state index contributed by atoms with van der Waals surface area (Å²) in [6, 6.07) is 3.81. The molecular weight excluding hydrogens is 414 g/mol. The molecule has 8 nitrogen and oxygen atoms in total. The summed E-state index contributed by atoms with van der Waals surface area (Å²) in [4.78, 5) is 4.99. The Labute approximate surface area is 176 Å². The standard InChI is InChI=1S/C19H28F2N6O2S/c20-17-2-1-3-18(21)19(17)16-6-11-27(12-7-16)30(28,29)24-8-13-26-9-4-15(5-10-26)14-23-25-22/h1-3,15-16,24H,4-14H2. The molecule has 0 aliphatic carbocycles. The second-order valence-corrected chi connectivity index (χ2v) is 9.66. The molecule has 0 atom stereocenters. The molecular formula is C19H28F2N6O2S. The van der Waals surface area contributed by atoms with Gasteiger partial charge in [-0.25, -0.2) is 13.5 Å². The van der Waals surface area contributed by atoms with Gasteiger partial charge in [0.2, 0.25) is 0 Å². The molecule has 0 amide bonds. The van der Waals surface area contributed by atoms with E-state index in [2.05, 4.69) is 19.6 Å². The minimum absolute atomic E-state index is 0.0615. The maximum Gasteiger partial charge on any atom is 0.279 e. The van der Waals surface area contributed by atoms with Crippen LogP contribution in [0.15, 0.2) is 23.3 Å². The van der Waals surface area contributed by atoms with Crippen LogP contribution in [-0.4, -0.2) is 63.4 Å².